The maximum absolute atomic E-state index is 12.7. The number of nitrogens with zero attached hydrogens (tertiary/aromatic N) is 1. The molecule has 0 aliphatic carbocycles. The van der Waals surface area contributed by atoms with Crippen molar-refractivity contribution in [2.75, 3.05) is 19.6 Å². The Bertz CT molecular complexity index is 530. The Kier molecular flexibility index (Phi) is 6.41. The van der Waals surface area contributed by atoms with Crippen molar-refractivity contribution in [2.24, 2.45) is 0 Å². The third-order valence-electron chi connectivity index (χ3n) is 5.18. The van der Waals surface area contributed by atoms with Crippen LogP contribution in [0.5, 0.6) is 0 Å². The molecule has 0 spiro atoms. The molecule has 1 amide bonds. The van der Waals surface area contributed by atoms with Gasteiger partial charge >= 0.3 is 0 Å². The minimum absolute atomic E-state index is 0.0639. The van der Waals surface area contributed by atoms with Crippen LogP contribution in [0.1, 0.15) is 52.0 Å². The maximum Gasteiger partial charge on any atom is 0.255 e. The van der Waals surface area contributed by atoms with Crippen molar-refractivity contribution in [2.45, 2.75) is 64.0 Å². The van der Waals surface area contributed by atoms with Crippen molar-refractivity contribution < 1.29 is 9.90 Å². The summed E-state index contributed by atoms with van der Waals surface area (Å²) >= 11 is 0. The molecule has 1 heterocycles. The summed E-state index contributed by atoms with van der Waals surface area (Å²) in [6.45, 7) is 8.11. The predicted octanol–water partition coefficient (Wildman–Crippen LogP) is 2.75. The Labute approximate surface area is 146 Å². The highest BCUT2D eigenvalue weighted by Gasteiger charge is 2.42. The third-order valence-corrected chi connectivity index (χ3v) is 5.18. The fourth-order valence-electron chi connectivity index (χ4n) is 3.07. The van der Waals surface area contributed by atoms with Crippen molar-refractivity contribution in [1.29, 1.82) is 0 Å². The summed E-state index contributed by atoms with van der Waals surface area (Å²) in [4.78, 5) is 14.6. The van der Waals surface area contributed by atoms with Crippen LogP contribution in [0.15, 0.2) is 30.3 Å². The highest BCUT2D eigenvalue weighted by molar-refractivity contribution is 5.86. The quantitative estimate of drug-likeness (QED) is 0.770. The molecule has 1 aromatic carbocycles. The lowest BCUT2D eigenvalue weighted by atomic mass is 9.90. The molecule has 1 atom stereocenters. The Morgan fingerprint density at radius 1 is 1.29 bits per heavy atom. The van der Waals surface area contributed by atoms with E-state index >= 15 is 0 Å². The molecule has 2 rings (SSSR count). The second-order valence-electron chi connectivity index (χ2n) is 7.61. The molecule has 4 nitrogen and oxygen atoms in total. The first-order valence-corrected chi connectivity index (χ1v) is 9.17. The van der Waals surface area contributed by atoms with Crippen LogP contribution in [-0.2, 0) is 11.2 Å². The Morgan fingerprint density at radius 3 is 2.67 bits per heavy atom. The number of aliphatic hydroxyl groups is 1. The summed E-state index contributed by atoms with van der Waals surface area (Å²) in [5.74, 6) is -0.110. The summed E-state index contributed by atoms with van der Waals surface area (Å²) in [6.07, 6.45) is 4.26. The number of nitrogens with one attached hydrogen (secondary N) is 1. The molecule has 0 unspecified atom stereocenters. The van der Waals surface area contributed by atoms with E-state index in [4.69, 9.17) is 0 Å². The minimum atomic E-state index is -1.25. The lowest BCUT2D eigenvalue weighted by Crippen LogP contribution is -2.60. The number of β-amino-alcohol motifs (C(OH)–C–C–N with tert-alkyl or cyclic N) is 1. The van der Waals surface area contributed by atoms with Crippen molar-refractivity contribution in [3.63, 3.8) is 0 Å². The van der Waals surface area contributed by atoms with Gasteiger partial charge in [0.15, 0.2) is 5.60 Å². The van der Waals surface area contributed by atoms with E-state index in [1.807, 2.05) is 23.1 Å². The smallest absolute Gasteiger partial charge is 0.255 e. The van der Waals surface area contributed by atoms with Crippen molar-refractivity contribution in [1.82, 2.24) is 10.2 Å². The van der Waals surface area contributed by atoms with E-state index in [1.54, 1.807) is 0 Å². The van der Waals surface area contributed by atoms with Crippen molar-refractivity contribution in [3.05, 3.63) is 35.9 Å². The summed E-state index contributed by atoms with van der Waals surface area (Å²) in [5.41, 5.74) is -0.0215. The molecule has 0 radical (unpaired) electrons. The lowest BCUT2D eigenvalue weighted by molar-refractivity contribution is -0.157. The molecule has 0 aromatic heterocycles. The molecule has 1 saturated heterocycles. The SMILES string of the molecule is CCC(C)(C)NC[C@@]1(O)CCCN(CCCc2ccccc2)C1=O. The Balaban J connectivity index is 1.87. The fraction of sp³-hybridized carbons (Fsp3) is 0.650. The van der Waals surface area contributed by atoms with Gasteiger partial charge in [-0.1, -0.05) is 37.3 Å². The molecular formula is C20H32N2O2. The van der Waals surface area contributed by atoms with Gasteiger partial charge in [-0.25, -0.2) is 0 Å². The van der Waals surface area contributed by atoms with Gasteiger partial charge in [-0.3, -0.25) is 4.79 Å². The molecule has 4 heteroatoms. The molecule has 2 N–H and O–H groups in total. The van der Waals surface area contributed by atoms with Gasteiger partial charge < -0.3 is 15.3 Å². The Morgan fingerprint density at radius 2 is 2.00 bits per heavy atom. The normalized spacial score (nSPS) is 22.0. The molecule has 134 valence electrons. The number of hydrogen-bond acceptors (Lipinski definition) is 3. The van der Waals surface area contributed by atoms with Gasteiger partial charge in [0.05, 0.1) is 0 Å². The second kappa shape index (κ2) is 8.13. The first-order chi connectivity index (χ1) is 11.4. The van der Waals surface area contributed by atoms with Crippen LogP contribution in [0.2, 0.25) is 0 Å². The first-order valence-electron chi connectivity index (χ1n) is 9.17. The molecule has 1 aromatic rings. The molecule has 1 aliphatic heterocycles. The van der Waals surface area contributed by atoms with E-state index in [1.165, 1.54) is 5.56 Å². The zero-order valence-electron chi connectivity index (χ0n) is 15.3. The standard InChI is InChI=1S/C20H32N2O2/c1-4-19(2,3)21-16-20(24)13-9-15-22(18(20)23)14-8-12-17-10-6-5-7-11-17/h5-7,10-11,21,24H,4,8-9,12-16H2,1-3H3/t20-/m0/s1. The van der Waals surface area contributed by atoms with E-state index in [0.717, 1.165) is 32.2 Å². The van der Waals surface area contributed by atoms with Crippen LogP contribution in [0.25, 0.3) is 0 Å². The summed E-state index contributed by atoms with van der Waals surface area (Å²) < 4.78 is 0. The van der Waals surface area contributed by atoms with E-state index in [0.29, 0.717) is 19.5 Å². The number of rotatable bonds is 8. The van der Waals surface area contributed by atoms with Crippen LogP contribution in [0, 0.1) is 0 Å². The zero-order valence-corrected chi connectivity index (χ0v) is 15.3. The number of piperidine rings is 1. The third kappa shape index (κ3) is 5.05. The highest BCUT2D eigenvalue weighted by atomic mass is 16.3. The second-order valence-corrected chi connectivity index (χ2v) is 7.61. The van der Waals surface area contributed by atoms with Crippen LogP contribution >= 0.6 is 0 Å². The van der Waals surface area contributed by atoms with E-state index in [2.05, 4.69) is 38.2 Å². The van der Waals surface area contributed by atoms with Crippen LogP contribution < -0.4 is 5.32 Å². The maximum atomic E-state index is 12.7. The monoisotopic (exact) mass is 332 g/mol. The van der Waals surface area contributed by atoms with Gasteiger partial charge in [-0.15, -0.1) is 0 Å². The van der Waals surface area contributed by atoms with E-state index in [9.17, 15) is 9.90 Å². The zero-order chi connectivity index (χ0) is 17.6. The lowest BCUT2D eigenvalue weighted by Gasteiger charge is -2.40. The number of carbonyl (C=O) groups is 1. The highest BCUT2D eigenvalue weighted by Crippen LogP contribution is 2.23. The first kappa shape index (κ1) is 18.9. The van der Waals surface area contributed by atoms with Gasteiger partial charge in [-0.2, -0.15) is 0 Å². The molecule has 1 aliphatic rings. The number of benzene rings is 1. The number of amides is 1. The van der Waals surface area contributed by atoms with Crippen molar-refractivity contribution >= 4 is 5.91 Å². The van der Waals surface area contributed by atoms with Crippen LogP contribution in [-0.4, -0.2) is 46.7 Å². The molecule has 24 heavy (non-hydrogen) atoms. The van der Waals surface area contributed by atoms with Gasteiger partial charge in [0.25, 0.3) is 5.91 Å². The van der Waals surface area contributed by atoms with Crippen LogP contribution in [0.4, 0.5) is 0 Å². The van der Waals surface area contributed by atoms with Gasteiger partial charge in [0.2, 0.25) is 0 Å². The number of likely N-dealkylation sites (tertiary alicyclic amines) is 1. The summed E-state index contributed by atoms with van der Waals surface area (Å²) in [6, 6.07) is 10.3. The summed E-state index contributed by atoms with van der Waals surface area (Å²) in [7, 11) is 0. The minimum Gasteiger partial charge on any atom is -0.379 e. The fourth-order valence-corrected chi connectivity index (χ4v) is 3.07. The van der Waals surface area contributed by atoms with E-state index in [-0.39, 0.29) is 11.4 Å². The number of aryl methyl sites for hydroxylation is 1. The van der Waals surface area contributed by atoms with E-state index < -0.39 is 5.60 Å². The van der Waals surface area contributed by atoms with Crippen LogP contribution in [0.3, 0.4) is 0 Å². The molecule has 0 bridgehead atoms. The number of carbonyl (C=O) groups excluding carboxylic acids is 1. The van der Waals surface area contributed by atoms with Gasteiger partial charge in [0, 0.05) is 25.2 Å². The summed E-state index contributed by atoms with van der Waals surface area (Å²) in [5, 5.41) is 14.2. The molecule has 1 fully saturated rings. The van der Waals surface area contributed by atoms with Crippen molar-refractivity contribution in [3.8, 4) is 0 Å². The average Bonchev–Trinajstić information content (AvgIpc) is 2.58. The molecular weight excluding hydrogens is 300 g/mol. The largest absolute Gasteiger partial charge is 0.379 e. The van der Waals surface area contributed by atoms with Gasteiger partial charge in [-0.05, 0) is 51.5 Å². The Hall–Kier alpha value is -1.39. The topological polar surface area (TPSA) is 52.6 Å². The number of hydrogen-bond donors (Lipinski definition) is 2. The predicted molar refractivity (Wildman–Crippen MR) is 97.9 cm³/mol. The molecule has 0 saturated carbocycles. The average molecular weight is 332 g/mol. The van der Waals surface area contributed by atoms with Gasteiger partial charge in [0.1, 0.15) is 0 Å².